The standard InChI is InChI=1S/C17H26N2O3/c1-13-4-6-14(7-5-13)21-11-3-2-10-19-17(20)16-9-8-15(12-18)22-16/h4-7,15-16H,2-3,8-12,18H2,1H3,(H,19,20)/t15-,16+/m1/s1. The van der Waals surface area contributed by atoms with Gasteiger partial charge in [0.2, 0.25) is 5.91 Å². The summed E-state index contributed by atoms with van der Waals surface area (Å²) in [6.07, 6.45) is 3.16. The third-order valence-electron chi connectivity index (χ3n) is 3.82. The first-order valence-corrected chi connectivity index (χ1v) is 8.01. The number of carbonyl (C=O) groups is 1. The maximum atomic E-state index is 11.9. The van der Waals surface area contributed by atoms with Crippen molar-refractivity contribution in [3.05, 3.63) is 29.8 Å². The van der Waals surface area contributed by atoms with Gasteiger partial charge in [-0.15, -0.1) is 0 Å². The van der Waals surface area contributed by atoms with Crippen LogP contribution in [-0.4, -0.2) is 37.8 Å². The number of ether oxygens (including phenoxy) is 2. The van der Waals surface area contributed by atoms with Crippen LogP contribution in [0.3, 0.4) is 0 Å². The minimum atomic E-state index is -0.322. The summed E-state index contributed by atoms with van der Waals surface area (Å²) < 4.78 is 11.2. The number of nitrogens with two attached hydrogens (primary N) is 1. The lowest BCUT2D eigenvalue weighted by molar-refractivity contribution is -0.131. The normalized spacial score (nSPS) is 20.8. The third-order valence-corrected chi connectivity index (χ3v) is 3.82. The number of hydrogen-bond acceptors (Lipinski definition) is 4. The minimum Gasteiger partial charge on any atom is -0.494 e. The number of unbranched alkanes of at least 4 members (excludes halogenated alkanes) is 1. The van der Waals surface area contributed by atoms with E-state index in [1.165, 1.54) is 5.56 Å². The van der Waals surface area contributed by atoms with Crippen molar-refractivity contribution in [2.24, 2.45) is 5.73 Å². The van der Waals surface area contributed by atoms with Gasteiger partial charge in [0.15, 0.2) is 0 Å². The van der Waals surface area contributed by atoms with Crippen LogP contribution in [0, 0.1) is 6.92 Å². The summed E-state index contributed by atoms with van der Waals surface area (Å²) >= 11 is 0. The van der Waals surface area contributed by atoms with E-state index in [1.807, 2.05) is 24.3 Å². The van der Waals surface area contributed by atoms with E-state index in [2.05, 4.69) is 12.2 Å². The molecule has 0 unspecified atom stereocenters. The molecule has 1 aliphatic heterocycles. The lowest BCUT2D eigenvalue weighted by atomic mass is 10.2. The molecule has 3 N–H and O–H groups in total. The molecule has 122 valence electrons. The fourth-order valence-electron chi connectivity index (χ4n) is 2.45. The largest absolute Gasteiger partial charge is 0.494 e. The van der Waals surface area contributed by atoms with Crippen LogP contribution in [0.15, 0.2) is 24.3 Å². The molecule has 1 aromatic rings. The van der Waals surface area contributed by atoms with Gasteiger partial charge in [-0.1, -0.05) is 17.7 Å². The highest BCUT2D eigenvalue weighted by Gasteiger charge is 2.29. The van der Waals surface area contributed by atoms with Crippen LogP contribution in [0.2, 0.25) is 0 Å². The molecule has 1 saturated heterocycles. The number of benzene rings is 1. The van der Waals surface area contributed by atoms with Crippen molar-refractivity contribution < 1.29 is 14.3 Å². The predicted molar refractivity (Wildman–Crippen MR) is 85.9 cm³/mol. The quantitative estimate of drug-likeness (QED) is 0.718. The molecule has 22 heavy (non-hydrogen) atoms. The zero-order valence-electron chi connectivity index (χ0n) is 13.2. The zero-order valence-corrected chi connectivity index (χ0v) is 13.2. The maximum Gasteiger partial charge on any atom is 0.249 e. The second-order valence-electron chi connectivity index (χ2n) is 5.72. The van der Waals surface area contributed by atoms with Crippen LogP contribution in [0.5, 0.6) is 5.75 Å². The van der Waals surface area contributed by atoms with Gasteiger partial charge in [0, 0.05) is 13.1 Å². The molecule has 1 amide bonds. The predicted octanol–water partition coefficient (Wildman–Crippen LogP) is 1.78. The van der Waals surface area contributed by atoms with E-state index in [1.54, 1.807) is 0 Å². The van der Waals surface area contributed by atoms with Crippen LogP contribution in [0.1, 0.15) is 31.2 Å². The summed E-state index contributed by atoms with van der Waals surface area (Å²) in [4.78, 5) is 11.9. The Morgan fingerprint density at radius 3 is 2.77 bits per heavy atom. The van der Waals surface area contributed by atoms with Crippen LogP contribution in [0.4, 0.5) is 0 Å². The average Bonchev–Trinajstić information content (AvgIpc) is 3.01. The van der Waals surface area contributed by atoms with Crippen molar-refractivity contribution in [1.29, 1.82) is 0 Å². The van der Waals surface area contributed by atoms with E-state index in [-0.39, 0.29) is 18.1 Å². The molecular weight excluding hydrogens is 280 g/mol. The molecule has 0 aromatic heterocycles. The molecule has 0 radical (unpaired) electrons. The molecule has 1 heterocycles. The molecule has 5 heteroatoms. The number of hydrogen-bond donors (Lipinski definition) is 2. The molecule has 2 rings (SSSR count). The van der Waals surface area contributed by atoms with Gasteiger partial charge in [0.1, 0.15) is 11.9 Å². The van der Waals surface area contributed by atoms with Crippen molar-refractivity contribution in [2.45, 2.75) is 44.8 Å². The van der Waals surface area contributed by atoms with Gasteiger partial charge >= 0.3 is 0 Å². The first kappa shape index (κ1) is 16.8. The van der Waals surface area contributed by atoms with E-state index < -0.39 is 0 Å². The second kappa shape index (κ2) is 8.76. The van der Waals surface area contributed by atoms with Gasteiger partial charge in [0.25, 0.3) is 0 Å². The van der Waals surface area contributed by atoms with E-state index in [0.29, 0.717) is 19.7 Å². The Hall–Kier alpha value is -1.59. The highest BCUT2D eigenvalue weighted by atomic mass is 16.5. The van der Waals surface area contributed by atoms with Crippen LogP contribution in [-0.2, 0) is 9.53 Å². The molecule has 1 fully saturated rings. The van der Waals surface area contributed by atoms with E-state index in [4.69, 9.17) is 15.2 Å². The smallest absolute Gasteiger partial charge is 0.249 e. The zero-order chi connectivity index (χ0) is 15.8. The lowest BCUT2D eigenvalue weighted by Gasteiger charge is -2.12. The van der Waals surface area contributed by atoms with Gasteiger partial charge in [0.05, 0.1) is 12.7 Å². The second-order valence-corrected chi connectivity index (χ2v) is 5.72. The molecular formula is C17H26N2O3. The Balaban J connectivity index is 1.52. The molecule has 1 aromatic carbocycles. The summed E-state index contributed by atoms with van der Waals surface area (Å²) in [5.74, 6) is 0.872. The van der Waals surface area contributed by atoms with Crippen molar-refractivity contribution >= 4 is 5.91 Å². The molecule has 2 atom stereocenters. The summed E-state index contributed by atoms with van der Waals surface area (Å²) in [6, 6.07) is 8.02. The van der Waals surface area contributed by atoms with Gasteiger partial charge < -0.3 is 20.5 Å². The van der Waals surface area contributed by atoms with Gasteiger partial charge in [-0.25, -0.2) is 0 Å². The Morgan fingerprint density at radius 1 is 1.32 bits per heavy atom. The number of aryl methyl sites for hydroxylation is 1. The number of carbonyl (C=O) groups excluding carboxylic acids is 1. The van der Waals surface area contributed by atoms with E-state index in [9.17, 15) is 4.79 Å². The third kappa shape index (κ3) is 5.31. The van der Waals surface area contributed by atoms with E-state index >= 15 is 0 Å². The Kier molecular flexibility index (Phi) is 6.68. The summed E-state index contributed by atoms with van der Waals surface area (Å²) in [5, 5.41) is 2.92. The number of amides is 1. The van der Waals surface area contributed by atoms with Crippen molar-refractivity contribution in [3.63, 3.8) is 0 Å². The lowest BCUT2D eigenvalue weighted by Crippen LogP contribution is -2.36. The van der Waals surface area contributed by atoms with Crippen molar-refractivity contribution in [3.8, 4) is 5.75 Å². The maximum absolute atomic E-state index is 11.9. The highest BCUT2D eigenvalue weighted by Crippen LogP contribution is 2.18. The van der Waals surface area contributed by atoms with Gasteiger partial charge in [-0.2, -0.15) is 0 Å². The highest BCUT2D eigenvalue weighted by molar-refractivity contribution is 5.80. The van der Waals surface area contributed by atoms with E-state index in [0.717, 1.165) is 31.4 Å². The van der Waals surface area contributed by atoms with Crippen molar-refractivity contribution in [1.82, 2.24) is 5.32 Å². The molecule has 0 aliphatic carbocycles. The topological polar surface area (TPSA) is 73.6 Å². The van der Waals surface area contributed by atoms with Crippen molar-refractivity contribution in [2.75, 3.05) is 19.7 Å². The van der Waals surface area contributed by atoms with Gasteiger partial charge in [-0.3, -0.25) is 4.79 Å². The SMILES string of the molecule is Cc1ccc(OCCCCNC(=O)[C@@H]2CC[C@H](CN)O2)cc1. The van der Waals surface area contributed by atoms with Gasteiger partial charge in [-0.05, 0) is 44.7 Å². The molecule has 0 spiro atoms. The number of rotatable bonds is 8. The molecule has 0 saturated carbocycles. The number of nitrogens with one attached hydrogen (secondary N) is 1. The minimum absolute atomic E-state index is 0.0181. The Morgan fingerprint density at radius 2 is 2.09 bits per heavy atom. The van der Waals surface area contributed by atoms with Crippen LogP contribution in [0.25, 0.3) is 0 Å². The monoisotopic (exact) mass is 306 g/mol. The summed E-state index contributed by atoms with van der Waals surface area (Å²) in [6.45, 7) is 3.85. The molecule has 5 nitrogen and oxygen atoms in total. The summed E-state index contributed by atoms with van der Waals surface area (Å²) in [5.41, 5.74) is 6.76. The first-order chi connectivity index (χ1) is 10.7. The summed E-state index contributed by atoms with van der Waals surface area (Å²) in [7, 11) is 0. The molecule has 1 aliphatic rings. The molecule has 0 bridgehead atoms. The fraction of sp³-hybridized carbons (Fsp3) is 0.588. The Bertz CT molecular complexity index is 461. The Labute approximate surface area is 132 Å². The fourth-order valence-corrected chi connectivity index (χ4v) is 2.45. The van der Waals surface area contributed by atoms with Crippen LogP contribution < -0.4 is 15.8 Å². The van der Waals surface area contributed by atoms with Crippen LogP contribution >= 0.6 is 0 Å². The first-order valence-electron chi connectivity index (χ1n) is 8.01. The average molecular weight is 306 g/mol.